The van der Waals surface area contributed by atoms with E-state index < -0.39 is 0 Å². The van der Waals surface area contributed by atoms with Gasteiger partial charge >= 0.3 is 0 Å². The van der Waals surface area contributed by atoms with Crippen LogP contribution in [0.4, 0.5) is 34.1 Å². The molecule has 0 aliphatic carbocycles. The van der Waals surface area contributed by atoms with Crippen LogP contribution in [0.5, 0.6) is 0 Å². The van der Waals surface area contributed by atoms with Crippen LogP contribution in [-0.2, 0) is 5.41 Å². The van der Waals surface area contributed by atoms with E-state index in [0.29, 0.717) is 0 Å². The lowest BCUT2D eigenvalue weighted by molar-refractivity contribution is 0.637. The summed E-state index contributed by atoms with van der Waals surface area (Å²) < 4.78 is 2.49. The summed E-state index contributed by atoms with van der Waals surface area (Å²) in [5, 5.41) is 2.39. The summed E-state index contributed by atoms with van der Waals surface area (Å²) in [5.74, 6) is 0. The average Bonchev–Trinajstić information content (AvgIpc) is 3.57. The summed E-state index contributed by atoms with van der Waals surface area (Å²) in [6.45, 7) is 13.3. The minimum atomic E-state index is -0.248. The van der Waals surface area contributed by atoms with Gasteiger partial charge in [0.2, 0.25) is 0 Å². The van der Waals surface area contributed by atoms with Gasteiger partial charge in [-0.3, -0.25) is 0 Å². The average molecular weight is 752 g/mol. The number of fused-ring (bicyclic) bond motifs is 3. The van der Waals surface area contributed by atoms with E-state index in [-0.39, 0.29) is 5.41 Å². The normalized spacial score (nSPS) is 11.6. The minimum absolute atomic E-state index is 0.248. The lowest BCUT2D eigenvalue weighted by Crippen LogP contribution is -2.21. The molecule has 0 N–H and O–H groups in total. The van der Waals surface area contributed by atoms with Gasteiger partial charge in [0.05, 0.1) is 16.7 Å². The summed E-state index contributed by atoms with van der Waals surface area (Å²) in [6, 6.07) is 69.2. The Morgan fingerprint density at radius 3 is 1.10 bits per heavy atom. The number of anilines is 6. The molecule has 0 radical (unpaired) electrons. The second-order valence-corrected chi connectivity index (χ2v) is 16.3. The number of para-hydroxylation sites is 1. The van der Waals surface area contributed by atoms with Gasteiger partial charge in [0.15, 0.2) is 0 Å². The SMILES string of the molecule is Cc1ccc(N(c2ccc(C)cc2)c2ccc3c(c2)c2cc(N(c4ccc(C)cc4)c4ccc(C)cc4)ccc2n3-c2ccccc2C(C)(C)c2ccccc2)cc1. The molecular formula is C55H49N3. The van der Waals surface area contributed by atoms with Crippen LogP contribution in [0.3, 0.4) is 0 Å². The Hall–Kier alpha value is -6.84. The third-order valence-electron chi connectivity index (χ3n) is 11.7. The van der Waals surface area contributed by atoms with Gasteiger partial charge in [0, 0.05) is 50.3 Å². The number of nitrogens with zero attached hydrogens (tertiary/aromatic N) is 3. The molecule has 0 fully saturated rings. The van der Waals surface area contributed by atoms with E-state index in [4.69, 9.17) is 0 Å². The van der Waals surface area contributed by atoms with Gasteiger partial charge < -0.3 is 14.4 Å². The summed E-state index contributed by atoms with van der Waals surface area (Å²) in [6.07, 6.45) is 0. The van der Waals surface area contributed by atoms with Crippen molar-refractivity contribution in [3.63, 3.8) is 0 Å². The molecule has 0 aliphatic heterocycles. The van der Waals surface area contributed by atoms with Crippen molar-refractivity contribution in [3.8, 4) is 5.69 Å². The molecule has 1 heterocycles. The predicted molar refractivity (Wildman–Crippen MR) is 248 cm³/mol. The summed E-state index contributed by atoms with van der Waals surface area (Å²) in [7, 11) is 0. The van der Waals surface area contributed by atoms with E-state index >= 15 is 0 Å². The number of hydrogen-bond acceptors (Lipinski definition) is 2. The van der Waals surface area contributed by atoms with Crippen molar-refractivity contribution in [2.45, 2.75) is 47.0 Å². The fourth-order valence-corrected chi connectivity index (χ4v) is 8.41. The Labute approximate surface area is 343 Å². The second-order valence-electron chi connectivity index (χ2n) is 16.3. The molecule has 9 aromatic rings. The van der Waals surface area contributed by atoms with Crippen LogP contribution in [-0.4, -0.2) is 4.57 Å². The Kier molecular flexibility index (Phi) is 9.46. The van der Waals surface area contributed by atoms with Crippen molar-refractivity contribution in [3.05, 3.63) is 221 Å². The molecule has 0 saturated heterocycles. The number of aromatic nitrogens is 1. The molecule has 0 saturated carbocycles. The molecule has 0 spiro atoms. The number of rotatable bonds is 9. The van der Waals surface area contributed by atoms with Crippen LogP contribution in [0.1, 0.15) is 47.2 Å². The van der Waals surface area contributed by atoms with Gasteiger partial charge in [-0.05, 0) is 130 Å². The highest BCUT2D eigenvalue weighted by Gasteiger charge is 2.28. The molecule has 3 nitrogen and oxygen atoms in total. The van der Waals surface area contributed by atoms with Gasteiger partial charge in [-0.2, -0.15) is 0 Å². The quantitative estimate of drug-likeness (QED) is 0.145. The fraction of sp³-hybridized carbons (Fsp3) is 0.127. The number of benzene rings is 8. The van der Waals surface area contributed by atoms with E-state index in [1.165, 1.54) is 49.8 Å². The van der Waals surface area contributed by atoms with E-state index in [2.05, 4.69) is 244 Å². The fourth-order valence-electron chi connectivity index (χ4n) is 8.41. The van der Waals surface area contributed by atoms with Gasteiger partial charge in [0.1, 0.15) is 0 Å². The summed E-state index contributed by atoms with van der Waals surface area (Å²) >= 11 is 0. The van der Waals surface area contributed by atoms with Gasteiger partial charge in [-0.15, -0.1) is 0 Å². The van der Waals surface area contributed by atoms with Crippen molar-refractivity contribution in [1.29, 1.82) is 0 Å². The predicted octanol–water partition coefficient (Wildman–Crippen LogP) is 15.3. The molecule has 0 aliphatic rings. The zero-order valence-electron chi connectivity index (χ0n) is 34.2. The first-order valence-corrected chi connectivity index (χ1v) is 20.3. The van der Waals surface area contributed by atoms with E-state index in [0.717, 1.165) is 45.2 Å². The maximum absolute atomic E-state index is 2.49. The zero-order chi connectivity index (χ0) is 40.0. The van der Waals surface area contributed by atoms with Crippen molar-refractivity contribution >= 4 is 55.9 Å². The monoisotopic (exact) mass is 751 g/mol. The first-order chi connectivity index (χ1) is 28.2. The molecule has 0 unspecified atom stereocenters. The molecule has 58 heavy (non-hydrogen) atoms. The second kappa shape index (κ2) is 14.9. The van der Waals surface area contributed by atoms with E-state index in [1.54, 1.807) is 0 Å². The Morgan fingerprint density at radius 1 is 0.362 bits per heavy atom. The van der Waals surface area contributed by atoms with Crippen LogP contribution in [0.2, 0.25) is 0 Å². The Bertz CT molecular complexity index is 2620. The van der Waals surface area contributed by atoms with Crippen LogP contribution >= 0.6 is 0 Å². The highest BCUT2D eigenvalue weighted by Crippen LogP contribution is 2.45. The molecule has 9 rings (SSSR count). The molecule has 3 heteroatoms. The van der Waals surface area contributed by atoms with Crippen LogP contribution in [0.25, 0.3) is 27.5 Å². The molecule has 1 aromatic heterocycles. The molecule has 0 bridgehead atoms. The van der Waals surface area contributed by atoms with Crippen molar-refractivity contribution in [2.75, 3.05) is 9.80 Å². The van der Waals surface area contributed by atoms with Crippen molar-refractivity contribution in [2.24, 2.45) is 0 Å². The Balaban J connectivity index is 1.32. The molecule has 0 atom stereocenters. The van der Waals surface area contributed by atoms with Gasteiger partial charge in [-0.25, -0.2) is 0 Å². The molecule has 284 valence electrons. The lowest BCUT2D eigenvalue weighted by Gasteiger charge is -2.29. The maximum Gasteiger partial charge on any atom is 0.0542 e. The van der Waals surface area contributed by atoms with E-state index in [9.17, 15) is 0 Å². The highest BCUT2D eigenvalue weighted by molar-refractivity contribution is 6.12. The minimum Gasteiger partial charge on any atom is -0.310 e. The van der Waals surface area contributed by atoms with Gasteiger partial charge in [0.25, 0.3) is 0 Å². The first-order valence-electron chi connectivity index (χ1n) is 20.3. The number of aryl methyl sites for hydroxylation is 4. The topological polar surface area (TPSA) is 11.4 Å². The van der Waals surface area contributed by atoms with Gasteiger partial charge in [-0.1, -0.05) is 133 Å². The standard InChI is InChI=1S/C55H49N3/c1-38-16-24-43(25-17-38)56(44-26-18-39(2)19-27-44)47-32-34-52-49(36-47)50-37-48(57(45-28-20-40(3)21-29-45)46-30-22-41(4)23-31-46)33-35-53(50)58(52)54-15-11-10-14-51(54)55(5,6)42-12-8-7-9-13-42/h7-37H,1-6H3. The zero-order valence-corrected chi connectivity index (χ0v) is 34.2. The summed E-state index contributed by atoms with van der Waals surface area (Å²) in [4.78, 5) is 4.76. The Morgan fingerprint density at radius 2 is 0.707 bits per heavy atom. The third kappa shape index (κ3) is 6.73. The summed E-state index contributed by atoms with van der Waals surface area (Å²) in [5.41, 5.74) is 17.5. The first kappa shape index (κ1) is 36.8. The van der Waals surface area contributed by atoms with Crippen LogP contribution in [0, 0.1) is 27.7 Å². The maximum atomic E-state index is 2.49. The molecule has 0 amide bonds. The highest BCUT2D eigenvalue weighted by atomic mass is 15.1. The third-order valence-corrected chi connectivity index (χ3v) is 11.7. The smallest absolute Gasteiger partial charge is 0.0542 e. The largest absolute Gasteiger partial charge is 0.310 e. The van der Waals surface area contributed by atoms with E-state index in [1.807, 2.05) is 0 Å². The molecule has 8 aromatic carbocycles. The van der Waals surface area contributed by atoms with Crippen molar-refractivity contribution in [1.82, 2.24) is 4.57 Å². The van der Waals surface area contributed by atoms with Crippen molar-refractivity contribution < 1.29 is 0 Å². The van der Waals surface area contributed by atoms with Crippen LogP contribution < -0.4 is 9.80 Å². The lowest BCUT2D eigenvalue weighted by atomic mass is 9.77. The number of hydrogen-bond donors (Lipinski definition) is 0. The van der Waals surface area contributed by atoms with Crippen LogP contribution in [0.15, 0.2) is 188 Å². The molecular weight excluding hydrogens is 703 g/mol.